The van der Waals surface area contributed by atoms with Crippen molar-refractivity contribution in [3.8, 4) is 0 Å². The van der Waals surface area contributed by atoms with Gasteiger partial charge in [-0.1, -0.05) is 71.1 Å². The minimum atomic E-state index is -0.625. The van der Waals surface area contributed by atoms with Crippen LogP contribution >= 0.6 is 39.9 Å². The summed E-state index contributed by atoms with van der Waals surface area (Å²) in [4.78, 5) is 0. The second-order valence-corrected chi connectivity index (χ2v) is 8.38. The van der Waals surface area contributed by atoms with E-state index < -0.39 is 5.60 Å². The van der Waals surface area contributed by atoms with Crippen molar-refractivity contribution >= 4 is 39.9 Å². The molecule has 1 atom stereocenters. The van der Waals surface area contributed by atoms with Gasteiger partial charge < -0.3 is 10.4 Å². The molecule has 0 radical (unpaired) electrons. The van der Waals surface area contributed by atoms with E-state index in [4.69, 9.17) is 11.6 Å². The molecule has 3 rings (SSSR count). The summed E-state index contributed by atoms with van der Waals surface area (Å²) in [5, 5.41) is 15.6. The number of aliphatic hydroxyl groups is 1. The quantitative estimate of drug-likeness (QED) is 0.548. The number of hydrogen-bond donors (Lipinski definition) is 2. The number of hydrogen-bond acceptors (Lipinski definition) is 2. The Kier molecular flexibility index (Phi) is 8.43. The van der Waals surface area contributed by atoms with E-state index in [2.05, 4.69) is 45.5 Å². The molecular formula is C21H26BrCl2NO. The van der Waals surface area contributed by atoms with Crippen LogP contribution in [0.15, 0.2) is 53.0 Å². The molecule has 2 aromatic rings. The fraction of sp³-hybridized carbons (Fsp3) is 0.429. The standard InChI is InChI=1S/C21H25BrClNO.ClH/c22-18-8-5-7-17(13-18)20(21(25)10-2-1-3-11-21)15-24-14-16-6-4-9-19(23)12-16;/h4-9,12-13,20,24-25H,1-3,10-11,14-15H2;1H. The minimum Gasteiger partial charge on any atom is -0.389 e. The summed E-state index contributed by atoms with van der Waals surface area (Å²) in [6.07, 6.45) is 5.19. The molecule has 0 aliphatic heterocycles. The van der Waals surface area contributed by atoms with E-state index in [1.54, 1.807) is 0 Å². The Hall–Kier alpha value is -0.580. The van der Waals surface area contributed by atoms with Crippen LogP contribution in [0.5, 0.6) is 0 Å². The summed E-state index contributed by atoms with van der Waals surface area (Å²) in [6.45, 7) is 1.50. The highest BCUT2D eigenvalue weighted by molar-refractivity contribution is 9.10. The van der Waals surface area contributed by atoms with Gasteiger partial charge in [-0.3, -0.25) is 0 Å². The number of benzene rings is 2. The molecule has 1 aliphatic rings. The Balaban J connectivity index is 0.00000243. The molecule has 1 unspecified atom stereocenters. The maximum Gasteiger partial charge on any atom is 0.0728 e. The second kappa shape index (κ2) is 10.1. The molecule has 0 amide bonds. The monoisotopic (exact) mass is 457 g/mol. The van der Waals surface area contributed by atoms with Crippen molar-refractivity contribution in [2.75, 3.05) is 6.54 Å². The van der Waals surface area contributed by atoms with Crippen LogP contribution in [0.1, 0.15) is 49.1 Å². The van der Waals surface area contributed by atoms with Gasteiger partial charge >= 0.3 is 0 Å². The molecule has 142 valence electrons. The molecule has 2 nitrogen and oxygen atoms in total. The first-order valence-electron chi connectivity index (χ1n) is 9.00. The van der Waals surface area contributed by atoms with E-state index >= 15 is 0 Å². The summed E-state index contributed by atoms with van der Waals surface area (Å²) in [6, 6.07) is 16.3. The summed E-state index contributed by atoms with van der Waals surface area (Å²) in [7, 11) is 0. The van der Waals surface area contributed by atoms with Crippen LogP contribution in [0.3, 0.4) is 0 Å². The highest BCUT2D eigenvalue weighted by Crippen LogP contribution is 2.40. The van der Waals surface area contributed by atoms with Crippen molar-refractivity contribution < 1.29 is 5.11 Å². The van der Waals surface area contributed by atoms with E-state index in [1.807, 2.05) is 24.3 Å². The summed E-state index contributed by atoms with van der Waals surface area (Å²) in [5.41, 5.74) is 1.73. The largest absolute Gasteiger partial charge is 0.389 e. The smallest absolute Gasteiger partial charge is 0.0728 e. The molecule has 0 bridgehead atoms. The average Bonchev–Trinajstić information content (AvgIpc) is 2.59. The van der Waals surface area contributed by atoms with Crippen LogP contribution < -0.4 is 5.32 Å². The van der Waals surface area contributed by atoms with Crippen LogP contribution in [0, 0.1) is 0 Å². The Morgan fingerprint density at radius 2 is 1.81 bits per heavy atom. The van der Waals surface area contributed by atoms with Gasteiger partial charge in [0.05, 0.1) is 5.60 Å². The van der Waals surface area contributed by atoms with Gasteiger partial charge in [-0.25, -0.2) is 0 Å². The highest BCUT2D eigenvalue weighted by atomic mass is 79.9. The summed E-state index contributed by atoms with van der Waals surface area (Å²) in [5.74, 6) is 0.0875. The third kappa shape index (κ3) is 5.71. The predicted octanol–water partition coefficient (Wildman–Crippen LogP) is 6.09. The maximum atomic E-state index is 11.3. The molecule has 5 heteroatoms. The molecule has 0 saturated heterocycles. The Morgan fingerprint density at radius 1 is 1.08 bits per heavy atom. The molecule has 2 N–H and O–H groups in total. The van der Waals surface area contributed by atoms with Crippen LogP contribution in [-0.4, -0.2) is 17.3 Å². The molecule has 0 spiro atoms. The molecule has 0 aromatic heterocycles. The maximum absolute atomic E-state index is 11.3. The fourth-order valence-corrected chi connectivity index (χ4v) is 4.49. The van der Waals surface area contributed by atoms with Crippen molar-refractivity contribution in [3.05, 3.63) is 69.2 Å². The Bertz CT molecular complexity index is 704. The first-order chi connectivity index (χ1) is 12.1. The lowest BCUT2D eigenvalue weighted by molar-refractivity contribution is -0.0216. The summed E-state index contributed by atoms with van der Waals surface area (Å²) < 4.78 is 1.06. The molecule has 26 heavy (non-hydrogen) atoms. The van der Waals surface area contributed by atoms with Crippen LogP contribution in [0.2, 0.25) is 5.02 Å². The van der Waals surface area contributed by atoms with Crippen LogP contribution in [0.25, 0.3) is 0 Å². The van der Waals surface area contributed by atoms with Gasteiger partial charge in [0.2, 0.25) is 0 Å². The third-order valence-electron chi connectivity index (χ3n) is 5.19. The van der Waals surface area contributed by atoms with Gasteiger partial charge in [-0.2, -0.15) is 0 Å². The van der Waals surface area contributed by atoms with E-state index in [9.17, 15) is 5.11 Å². The summed E-state index contributed by atoms with van der Waals surface area (Å²) >= 11 is 9.64. The number of nitrogens with one attached hydrogen (secondary N) is 1. The van der Waals surface area contributed by atoms with Crippen LogP contribution in [-0.2, 0) is 6.54 Å². The number of halogens is 3. The van der Waals surface area contributed by atoms with E-state index in [0.717, 1.165) is 53.8 Å². The van der Waals surface area contributed by atoms with Gasteiger partial charge in [0.1, 0.15) is 0 Å². The Labute approximate surface area is 175 Å². The van der Waals surface area contributed by atoms with Crippen molar-refractivity contribution in [2.45, 2.75) is 50.2 Å². The third-order valence-corrected chi connectivity index (χ3v) is 5.91. The average molecular weight is 459 g/mol. The van der Waals surface area contributed by atoms with Crippen LogP contribution in [0.4, 0.5) is 0 Å². The predicted molar refractivity (Wildman–Crippen MR) is 115 cm³/mol. The number of rotatable bonds is 6. The van der Waals surface area contributed by atoms with Crippen molar-refractivity contribution in [3.63, 3.8) is 0 Å². The van der Waals surface area contributed by atoms with E-state index in [0.29, 0.717) is 0 Å². The normalized spacial score (nSPS) is 17.3. The molecule has 1 fully saturated rings. The lowest BCUT2D eigenvalue weighted by atomic mass is 9.72. The topological polar surface area (TPSA) is 32.3 Å². The second-order valence-electron chi connectivity index (χ2n) is 7.03. The van der Waals surface area contributed by atoms with Crippen molar-refractivity contribution in [1.82, 2.24) is 5.32 Å². The van der Waals surface area contributed by atoms with Gasteiger partial charge in [0.15, 0.2) is 0 Å². The zero-order chi connectivity index (χ0) is 17.7. The Morgan fingerprint density at radius 3 is 2.50 bits per heavy atom. The fourth-order valence-electron chi connectivity index (χ4n) is 3.86. The lowest BCUT2D eigenvalue weighted by Crippen LogP contribution is -2.43. The van der Waals surface area contributed by atoms with E-state index in [-0.39, 0.29) is 18.3 Å². The van der Waals surface area contributed by atoms with E-state index in [1.165, 1.54) is 12.0 Å². The highest BCUT2D eigenvalue weighted by Gasteiger charge is 2.38. The van der Waals surface area contributed by atoms with Crippen molar-refractivity contribution in [1.29, 1.82) is 0 Å². The van der Waals surface area contributed by atoms with Gasteiger partial charge in [-0.15, -0.1) is 12.4 Å². The van der Waals surface area contributed by atoms with Gasteiger partial charge in [-0.05, 0) is 48.2 Å². The minimum absolute atomic E-state index is 0. The molecule has 1 saturated carbocycles. The first kappa shape index (κ1) is 21.7. The lowest BCUT2D eigenvalue weighted by Gasteiger charge is -2.40. The van der Waals surface area contributed by atoms with Crippen molar-refractivity contribution in [2.24, 2.45) is 0 Å². The SMILES string of the molecule is Cl.OC1(C(CNCc2cccc(Cl)c2)c2cccc(Br)c2)CCCCC1. The zero-order valence-electron chi connectivity index (χ0n) is 14.8. The van der Waals surface area contributed by atoms with Gasteiger partial charge in [0, 0.05) is 28.5 Å². The molecule has 1 aliphatic carbocycles. The molecular weight excluding hydrogens is 433 g/mol. The first-order valence-corrected chi connectivity index (χ1v) is 10.2. The van der Waals surface area contributed by atoms with Gasteiger partial charge in [0.25, 0.3) is 0 Å². The zero-order valence-corrected chi connectivity index (χ0v) is 17.9. The molecule has 2 aromatic carbocycles. The molecule has 0 heterocycles.